The summed E-state index contributed by atoms with van der Waals surface area (Å²) in [5.74, 6) is 0. The average molecular weight is 245 g/mol. The van der Waals surface area contributed by atoms with Gasteiger partial charge >= 0.3 is 6.03 Å². The Balaban J connectivity index is 3.82. The predicted molar refractivity (Wildman–Crippen MR) is 70.1 cm³/mol. The molecular weight excluding hydrogens is 218 g/mol. The van der Waals surface area contributed by atoms with E-state index in [9.17, 15) is 4.79 Å². The quantitative estimate of drug-likeness (QED) is 0.695. The molecular formula is C12H27N3O2. The van der Waals surface area contributed by atoms with E-state index in [1.807, 2.05) is 21.0 Å². The van der Waals surface area contributed by atoms with Crippen molar-refractivity contribution in [1.82, 2.24) is 15.1 Å². The first-order chi connectivity index (χ1) is 7.82. The van der Waals surface area contributed by atoms with Gasteiger partial charge in [-0.05, 0) is 47.3 Å². The third-order valence-corrected chi connectivity index (χ3v) is 2.61. The molecule has 2 N–H and O–H groups in total. The van der Waals surface area contributed by atoms with Gasteiger partial charge in [-0.15, -0.1) is 0 Å². The van der Waals surface area contributed by atoms with Crippen LogP contribution in [0.25, 0.3) is 0 Å². The van der Waals surface area contributed by atoms with Crippen molar-refractivity contribution in [2.45, 2.75) is 38.8 Å². The van der Waals surface area contributed by atoms with Crippen molar-refractivity contribution < 1.29 is 9.90 Å². The molecule has 102 valence electrons. The summed E-state index contributed by atoms with van der Waals surface area (Å²) < 4.78 is 0. The highest BCUT2D eigenvalue weighted by molar-refractivity contribution is 5.74. The van der Waals surface area contributed by atoms with E-state index in [1.165, 1.54) is 0 Å². The number of rotatable bonds is 7. The van der Waals surface area contributed by atoms with Gasteiger partial charge < -0.3 is 20.2 Å². The van der Waals surface area contributed by atoms with Crippen LogP contribution in [0, 0.1) is 0 Å². The maximum atomic E-state index is 11.7. The highest BCUT2D eigenvalue weighted by atomic mass is 16.3. The normalized spacial score (nSPS) is 14.5. The number of carbonyl (C=O) groups excluding carboxylic acids is 1. The van der Waals surface area contributed by atoms with Gasteiger partial charge in [-0.1, -0.05) is 0 Å². The fraction of sp³-hybridized carbons (Fsp3) is 0.917. The van der Waals surface area contributed by atoms with Crippen molar-refractivity contribution in [3.8, 4) is 0 Å². The molecule has 5 nitrogen and oxygen atoms in total. The Morgan fingerprint density at radius 1 is 1.18 bits per heavy atom. The van der Waals surface area contributed by atoms with E-state index in [2.05, 4.69) is 10.2 Å². The molecule has 0 fully saturated rings. The predicted octanol–water partition coefficient (Wildman–Crippen LogP) is 0.739. The van der Waals surface area contributed by atoms with Crippen LogP contribution in [0.1, 0.15) is 26.7 Å². The second kappa shape index (κ2) is 8.31. The summed E-state index contributed by atoms with van der Waals surface area (Å²) in [4.78, 5) is 15.4. The summed E-state index contributed by atoms with van der Waals surface area (Å²) >= 11 is 0. The zero-order valence-corrected chi connectivity index (χ0v) is 11.7. The van der Waals surface area contributed by atoms with Crippen molar-refractivity contribution in [2.75, 3.05) is 34.2 Å². The molecule has 0 radical (unpaired) electrons. The van der Waals surface area contributed by atoms with Crippen molar-refractivity contribution >= 4 is 6.03 Å². The van der Waals surface area contributed by atoms with E-state index in [4.69, 9.17) is 5.11 Å². The molecule has 0 aliphatic heterocycles. The first-order valence-electron chi connectivity index (χ1n) is 6.17. The van der Waals surface area contributed by atoms with Crippen LogP contribution in [-0.4, -0.2) is 67.3 Å². The first kappa shape index (κ1) is 16.2. The lowest BCUT2D eigenvalue weighted by Gasteiger charge is -2.22. The lowest BCUT2D eigenvalue weighted by atomic mass is 10.2. The second-order valence-corrected chi connectivity index (χ2v) is 5.00. The van der Waals surface area contributed by atoms with Crippen LogP contribution in [0.2, 0.25) is 0 Å². The second-order valence-electron chi connectivity index (χ2n) is 5.00. The minimum Gasteiger partial charge on any atom is -0.393 e. The standard InChI is InChI=1S/C12H27N3O2/c1-10(6-8-14(3)4)13-12(17)15(5)9-7-11(2)16/h10-11,16H,6-9H2,1-5H3,(H,13,17). The topological polar surface area (TPSA) is 55.8 Å². The van der Waals surface area contributed by atoms with Crippen LogP contribution in [0.5, 0.6) is 0 Å². The molecule has 17 heavy (non-hydrogen) atoms. The SMILES string of the molecule is CC(O)CCN(C)C(=O)NC(C)CCN(C)C. The number of aliphatic hydroxyl groups is 1. The molecule has 0 saturated heterocycles. The lowest BCUT2D eigenvalue weighted by molar-refractivity contribution is 0.162. The first-order valence-corrected chi connectivity index (χ1v) is 6.17. The van der Waals surface area contributed by atoms with E-state index in [-0.39, 0.29) is 18.2 Å². The zero-order valence-electron chi connectivity index (χ0n) is 11.7. The molecule has 5 heteroatoms. The van der Waals surface area contributed by atoms with E-state index in [0.29, 0.717) is 13.0 Å². The van der Waals surface area contributed by atoms with Gasteiger partial charge in [0.25, 0.3) is 0 Å². The van der Waals surface area contributed by atoms with Gasteiger partial charge in [0.2, 0.25) is 0 Å². The average Bonchev–Trinajstić information content (AvgIpc) is 2.22. The monoisotopic (exact) mass is 245 g/mol. The minimum atomic E-state index is -0.364. The fourth-order valence-electron chi connectivity index (χ4n) is 1.33. The summed E-state index contributed by atoms with van der Waals surface area (Å²) in [6.07, 6.45) is 1.18. The molecule has 0 rings (SSSR count). The van der Waals surface area contributed by atoms with Crippen molar-refractivity contribution in [3.63, 3.8) is 0 Å². The van der Waals surface area contributed by atoms with Crippen LogP contribution >= 0.6 is 0 Å². The van der Waals surface area contributed by atoms with Gasteiger partial charge in [-0.2, -0.15) is 0 Å². The van der Waals surface area contributed by atoms with Crippen molar-refractivity contribution in [3.05, 3.63) is 0 Å². The smallest absolute Gasteiger partial charge is 0.317 e. The van der Waals surface area contributed by atoms with Crippen molar-refractivity contribution in [1.29, 1.82) is 0 Å². The fourth-order valence-corrected chi connectivity index (χ4v) is 1.33. The molecule has 0 heterocycles. The number of nitrogens with one attached hydrogen (secondary N) is 1. The molecule has 2 amide bonds. The maximum Gasteiger partial charge on any atom is 0.317 e. The van der Waals surface area contributed by atoms with Crippen LogP contribution in [0.15, 0.2) is 0 Å². The number of nitrogens with zero attached hydrogens (tertiary/aromatic N) is 2. The molecule has 0 aromatic rings. The molecule has 0 bridgehead atoms. The van der Waals surface area contributed by atoms with Crippen LogP contribution in [0.4, 0.5) is 4.79 Å². The zero-order chi connectivity index (χ0) is 13.4. The third-order valence-electron chi connectivity index (χ3n) is 2.61. The molecule has 0 aliphatic rings. The van der Waals surface area contributed by atoms with Crippen LogP contribution < -0.4 is 5.32 Å². The number of urea groups is 1. The van der Waals surface area contributed by atoms with Gasteiger partial charge in [-0.3, -0.25) is 0 Å². The number of aliphatic hydroxyl groups excluding tert-OH is 1. The van der Waals surface area contributed by atoms with Crippen molar-refractivity contribution in [2.24, 2.45) is 0 Å². The number of hydrogen-bond donors (Lipinski definition) is 2. The molecule has 0 spiro atoms. The summed E-state index contributed by atoms with van der Waals surface area (Å²) in [6.45, 7) is 5.26. The van der Waals surface area contributed by atoms with E-state index < -0.39 is 0 Å². The molecule has 0 saturated carbocycles. The molecule has 0 aromatic carbocycles. The maximum absolute atomic E-state index is 11.7. The Morgan fingerprint density at radius 2 is 1.76 bits per heavy atom. The highest BCUT2D eigenvalue weighted by Crippen LogP contribution is 1.97. The Hall–Kier alpha value is -0.810. The van der Waals surface area contributed by atoms with Gasteiger partial charge in [0, 0.05) is 19.6 Å². The van der Waals surface area contributed by atoms with Crippen LogP contribution in [0.3, 0.4) is 0 Å². The molecule has 0 aliphatic carbocycles. The largest absolute Gasteiger partial charge is 0.393 e. The molecule has 0 aromatic heterocycles. The Morgan fingerprint density at radius 3 is 2.24 bits per heavy atom. The molecule has 2 unspecified atom stereocenters. The Kier molecular flexibility index (Phi) is 7.91. The number of amides is 2. The van der Waals surface area contributed by atoms with Gasteiger partial charge in [0.1, 0.15) is 0 Å². The summed E-state index contributed by atoms with van der Waals surface area (Å²) in [6, 6.07) is 0.0933. The summed E-state index contributed by atoms with van der Waals surface area (Å²) in [5, 5.41) is 12.1. The van der Waals surface area contributed by atoms with Gasteiger partial charge in [-0.25, -0.2) is 4.79 Å². The number of carbonyl (C=O) groups is 1. The Bertz CT molecular complexity index is 220. The third kappa shape index (κ3) is 8.94. The van der Waals surface area contributed by atoms with E-state index in [1.54, 1.807) is 18.9 Å². The van der Waals surface area contributed by atoms with Crippen LogP contribution in [-0.2, 0) is 0 Å². The van der Waals surface area contributed by atoms with E-state index in [0.717, 1.165) is 13.0 Å². The number of hydrogen-bond acceptors (Lipinski definition) is 3. The van der Waals surface area contributed by atoms with Gasteiger partial charge in [0.15, 0.2) is 0 Å². The Labute approximate surface area is 105 Å². The highest BCUT2D eigenvalue weighted by Gasteiger charge is 2.12. The lowest BCUT2D eigenvalue weighted by Crippen LogP contribution is -2.43. The molecule has 2 atom stereocenters. The summed E-state index contributed by atoms with van der Waals surface area (Å²) in [7, 11) is 5.78. The van der Waals surface area contributed by atoms with Gasteiger partial charge in [0.05, 0.1) is 6.10 Å². The van der Waals surface area contributed by atoms with E-state index >= 15 is 0 Å². The summed E-state index contributed by atoms with van der Waals surface area (Å²) in [5.41, 5.74) is 0. The minimum absolute atomic E-state index is 0.0723.